The summed E-state index contributed by atoms with van der Waals surface area (Å²) < 4.78 is 24.7. The number of methoxy groups -OCH3 is 3. The summed E-state index contributed by atoms with van der Waals surface area (Å²) in [6.07, 6.45) is 1.80. The van der Waals surface area contributed by atoms with Crippen molar-refractivity contribution in [3.8, 4) is 23.0 Å². The van der Waals surface area contributed by atoms with Gasteiger partial charge >= 0.3 is 0 Å². The Labute approximate surface area is 275 Å². The van der Waals surface area contributed by atoms with Crippen LogP contribution in [0.3, 0.4) is 0 Å². The van der Waals surface area contributed by atoms with Crippen LogP contribution in [0.2, 0.25) is 0 Å². The molecular formula is C37H33N3O6S. The summed E-state index contributed by atoms with van der Waals surface area (Å²) in [7, 11) is 4.78. The van der Waals surface area contributed by atoms with E-state index in [1.807, 2.05) is 91.0 Å². The lowest BCUT2D eigenvalue weighted by Crippen LogP contribution is -2.40. The van der Waals surface area contributed by atoms with Crippen molar-refractivity contribution in [3.63, 3.8) is 0 Å². The van der Waals surface area contributed by atoms with Crippen molar-refractivity contribution in [2.75, 3.05) is 26.6 Å². The fraction of sp³-hybridized carbons (Fsp3) is 0.162. The highest BCUT2D eigenvalue weighted by Crippen LogP contribution is 2.32. The highest BCUT2D eigenvalue weighted by molar-refractivity contribution is 7.07. The molecule has 238 valence electrons. The second-order valence-corrected chi connectivity index (χ2v) is 11.7. The van der Waals surface area contributed by atoms with Crippen LogP contribution in [-0.2, 0) is 11.4 Å². The molecule has 1 atom stereocenters. The second kappa shape index (κ2) is 13.8. The quantitative estimate of drug-likeness (QED) is 0.216. The number of amides is 1. The first-order valence-corrected chi connectivity index (χ1v) is 15.7. The van der Waals surface area contributed by atoms with E-state index in [1.165, 1.54) is 11.3 Å². The van der Waals surface area contributed by atoms with Gasteiger partial charge in [0.2, 0.25) is 0 Å². The fourth-order valence-corrected chi connectivity index (χ4v) is 6.52. The molecule has 0 bridgehead atoms. The Balaban J connectivity index is 1.35. The Bertz CT molecular complexity index is 2140. The number of carbonyl (C=O) groups excluding carboxylic acids is 1. The van der Waals surface area contributed by atoms with Crippen molar-refractivity contribution in [1.82, 2.24) is 4.57 Å². The summed E-state index contributed by atoms with van der Waals surface area (Å²) in [5.74, 6) is 2.10. The largest absolute Gasteiger partial charge is 0.497 e. The monoisotopic (exact) mass is 647 g/mol. The van der Waals surface area contributed by atoms with Crippen molar-refractivity contribution in [3.05, 3.63) is 145 Å². The van der Waals surface area contributed by atoms with Crippen LogP contribution in [0.5, 0.6) is 23.0 Å². The lowest BCUT2D eigenvalue weighted by Gasteiger charge is -2.25. The molecule has 1 aliphatic heterocycles. The number of hydrogen-bond donors (Lipinski definition) is 1. The molecule has 0 aliphatic carbocycles. The third-order valence-corrected chi connectivity index (χ3v) is 8.75. The van der Waals surface area contributed by atoms with E-state index in [-0.39, 0.29) is 18.1 Å². The number of anilines is 1. The molecule has 5 aromatic rings. The molecule has 2 heterocycles. The molecule has 1 amide bonds. The third-order valence-electron chi connectivity index (χ3n) is 7.77. The lowest BCUT2D eigenvalue weighted by atomic mass is 9.95. The Kier molecular flexibility index (Phi) is 9.21. The van der Waals surface area contributed by atoms with Gasteiger partial charge in [-0.2, -0.15) is 0 Å². The van der Waals surface area contributed by atoms with Crippen LogP contribution in [0.1, 0.15) is 29.7 Å². The lowest BCUT2D eigenvalue weighted by molar-refractivity contribution is -0.113. The Hall–Kier alpha value is -5.61. The van der Waals surface area contributed by atoms with Gasteiger partial charge in [-0.05, 0) is 66.6 Å². The maximum absolute atomic E-state index is 14.1. The van der Waals surface area contributed by atoms with E-state index in [0.29, 0.717) is 49.3 Å². The van der Waals surface area contributed by atoms with Gasteiger partial charge in [0, 0.05) is 11.3 Å². The second-order valence-electron chi connectivity index (χ2n) is 10.7. The van der Waals surface area contributed by atoms with Gasteiger partial charge in [0.25, 0.3) is 11.5 Å². The molecule has 0 radical (unpaired) electrons. The van der Waals surface area contributed by atoms with Gasteiger partial charge in [-0.25, -0.2) is 4.99 Å². The SMILES string of the molecule is COc1ccc(OC)c(COc2ccc(/C=c3\sc4n(c3=O)[C@@H](c3ccccc3)C(C(=O)Nc3ccccc3)=C(C)N=4)cc2OC)c1. The van der Waals surface area contributed by atoms with Gasteiger partial charge in [0.05, 0.1) is 43.2 Å². The summed E-state index contributed by atoms with van der Waals surface area (Å²) in [4.78, 5) is 33.0. The maximum atomic E-state index is 14.1. The molecule has 0 saturated carbocycles. The van der Waals surface area contributed by atoms with Crippen LogP contribution in [0.25, 0.3) is 6.08 Å². The number of nitrogens with one attached hydrogen (secondary N) is 1. The molecular weight excluding hydrogens is 614 g/mol. The molecule has 0 saturated heterocycles. The summed E-state index contributed by atoms with van der Waals surface area (Å²) in [5.41, 5.74) is 3.75. The molecule has 0 unspecified atom stereocenters. The van der Waals surface area contributed by atoms with E-state index in [9.17, 15) is 9.59 Å². The van der Waals surface area contributed by atoms with Gasteiger partial charge in [0.15, 0.2) is 16.3 Å². The average molecular weight is 648 g/mol. The first kappa shape index (κ1) is 31.4. The van der Waals surface area contributed by atoms with Crippen molar-refractivity contribution in [2.45, 2.75) is 19.6 Å². The number of hydrogen-bond acceptors (Lipinski definition) is 8. The number of carbonyl (C=O) groups is 1. The number of nitrogens with zero attached hydrogens (tertiary/aromatic N) is 2. The summed E-state index contributed by atoms with van der Waals surface area (Å²) in [5, 5.41) is 2.97. The number of aromatic nitrogens is 1. The van der Waals surface area contributed by atoms with Crippen LogP contribution >= 0.6 is 11.3 Å². The number of benzene rings is 4. The van der Waals surface area contributed by atoms with Crippen LogP contribution in [-0.4, -0.2) is 31.8 Å². The third kappa shape index (κ3) is 6.54. The van der Waals surface area contributed by atoms with Crippen molar-refractivity contribution >= 4 is 29.0 Å². The summed E-state index contributed by atoms with van der Waals surface area (Å²) in [6, 6.07) is 29.1. The minimum absolute atomic E-state index is 0.230. The van der Waals surface area contributed by atoms with Crippen molar-refractivity contribution in [1.29, 1.82) is 0 Å². The van der Waals surface area contributed by atoms with Gasteiger partial charge in [0.1, 0.15) is 18.1 Å². The zero-order valence-electron chi connectivity index (χ0n) is 26.4. The smallest absolute Gasteiger partial charge is 0.271 e. The van der Waals surface area contributed by atoms with E-state index in [2.05, 4.69) is 5.32 Å². The molecule has 0 spiro atoms. The van der Waals surface area contributed by atoms with Crippen LogP contribution in [0, 0.1) is 0 Å². The number of thiazole rings is 1. The number of rotatable bonds is 10. The summed E-state index contributed by atoms with van der Waals surface area (Å²) in [6.45, 7) is 2.03. The topological polar surface area (TPSA) is 100 Å². The maximum Gasteiger partial charge on any atom is 0.271 e. The number of ether oxygens (including phenoxy) is 4. The van der Waals surface area contributed by atoms with Crippen LogP contribution < -0.4 is 39.2 Å². The standard InChI is InChI=1S/C37H33N3O6S/c1-23-33(35(41)39-27-13-9-6-10-14-27)34(25-11-7-5-8-12-25)40-36(42)32(47-37(40)38-23)20-24-15-17-30(31(19-24)45-4)46-22-26-21-28(43-2)16-18-29(26)44-3/h5-21,34H,22H2,1-4H3,(H,39,41)/b32-20-/t34-/m0/s1. The average Bonchev–Trinajstić information content (AvgIpc) is 3.40. The molecule has 47 heavy (non-hydrogen) atoms. The highest BCUT2D eigenvalue weighted by Gasteiger charge is 2.32. The molecule has 10 heteroatoms. The van der Waals surface area contributed by atoms with E-state index in [0.717, 1.165) is 16.7 Å². The van der Waals surface area contributed by atoms with Gasteiger partial charge < -0.3 is 24.3 Å². The van der Waals surface area contributed by atoms with Crippen LogP contribution in [0.15, 0.2) is 118 Å². The van der Waals surface area contributed by atoms with Gasteiger partial charge in [-0.15, -0.1) is 0 Å². The number of allylic oxidation sites excluding steroid dienone is 1. The minimum atomic E-state index is -0.655. The molecule has 1 N–H and O–H groups in total. The Morgan fingerprint density at radius 1 is 0.872 bits per heavy atom. The first-order chi connectivity index (χ1) is 22.9. The zero-order chi connectivity index (χ0) is 32.9. The Morgan fingerprint density at radius 3 is 2.28 bits per heavy atom. The van der Waals surface area contributed by atoms with Gasteiger partial charge in [-0.3, -0.25) is 14.2 Å². The number of fused-ring (bicyclic) bond motifs is 1. The normalized spacial score (nSPS) is 14.2. The van der Waals surface area contributed by atoms with E-state index >= 15 is 0 Å². The highest BCUT2D eigenvalue weighted by atomic mass is 32.1. The zero-order valence-corrected chi connectivity index (χ0v) is 27.2. The molecule has 9 nitrogen and oxygen atoms in total. The van der Waals surface area contributed by atoms with Gasteiger partial charge in [-0.1, -0.05) is 65.9 Å². The van der Waals surface area contributed by atoms with Crippen molar-refractivity contribution < 1.29 is 23.7 Å². The Morgan fingerprint density at radius 2 is 1.57 bits per heavy atom. The number of para-hydroxylation sites is 1. The van der Waals surface area contributed by atoms with Crippen LogP contribution in [0.4, 0.5) is 5.69 Å². The minimum Gasteiger partial charge on any atom is -0.497 e. The van der Waals surface area contributed by atoms with E-state index < -0.39 is 6.04 Å². The molecule has 6 rings (SSSR count). The molecule has 1 aliphatic rings. The fourth-order valence-electron chi connectivity index (χ4n) is 5.48. The van der Waals surface area contributed by atoms with Crippen molar-refractivity contribution in [2.24, 2.45) is 4.99 Å². The molecule has 1 aromatic heterocycles. The molecule has 0 fully saturated rings. The van der Waals surface area contributed by atoms with E-state index in [1.54, 1.807) is 45.0 Å². The predicted molar refractivity (Wildman–Crippen MR) is 182 cm³/mol. The summed E-state index contributed by atoms with van der Waals surface area (Å²) >= 11 is 1.27. The predicted octanol–water partition coefficient (Wildman–Crippen LogP) is 5.48. The first-order valence-electron chi connectivity index (χ1n) is 14.9. The van der Waals surface area contributed by atoms with E-state index in [4.69, 9.17) is 23.9 Å². The molecule has 4 aromatic carbocycles.